The number of hydrogen-bond donors (Lipinski definition) is 1. The third kappa shape index (κ3) is 5.83. The molecule has 176 valence electrons. The first-order valence-electron chi connectivity index (χ1n) is 11.9. The van der Waals surface area contributed by atoms with E-state index < -0.39 is 0 Å². The number of amides is 1. The van der Waals surface area contributed by atoms with E-state index in [1.54, 1.807) is 0 Å². The molecular formula is C27H32N6O. The van der Waals surface area contributed by atoms with Crippen molar-refractivity contribution >= 4 is 11.6 Å². The van der Waals surface area contributed by atoms with Crippen molar-refractivity contribution in [1.82, 2.24) is 20.0 Å². The van der Waals surface area contributed by atoms with Gasteiger partial charge in [0, 0.05) is 31.9 Å². The normalized spacial score (nSPS) is 14.2. The first-order valence-corrected chi connectivity index (χ1v) is 11.9. The standard InChI is InChI=1S/C27H32N6O/c1-21(2)16-25-17-23(30-33(25)24-9-4-3-5-10-24)19-29-27(34)20-31-12-14-32(15-13-31)26-11-7-6-8-22(26)18-28/h3-11,17,21H,12-16,19-20H2,1-2H3,(H,29,34). The first kappa shape index (κ1) is 23.5. The maximum atomic E-state index is 12.6. The first-order chi connectivity index (χ1) is 16.5. The Labute approximate surface area is 201 Å². The number of nitrogens with zero attached hydrogens (tertiary/aromatic N) is 5. The summed E-state index contributed by atoms with van der Waals surface area (Å²) in [7, 11) is 0. The third-order valence-electron chi connectivity index (χ3n) is 6.02. The molecule has 4 rings (SSSR count). The predicted molar refractivity (Wildman–Crippen MR) is 134 cm³/mol. The van der Waals surface area contributed by atoms with Crippen LogP contribution in [0.5, 0.6) is 0 Å². The van der Waals surface area contributed by atoms with Gasteiger partial charge in [0.1, 0.15) is 6.07 Å². The Morgan fingerprint density at radius 1 is 1.06 bits per heavy atom. The van der Waals surface area contributed by atoms with E-state index in [9.17, 15) is 10.1 Å². The van der Waals surface area contributed by atoms with Gasteiger partial charge in [0.25, 0.3) is 0 Å². The molecule has 0 atom stereocenters. The molecule has 2 heterocycles. The minimum atomic E-state index is 0.00513. The van der Waals surface area contributed by atoms with Gasteiger partial charge in [-0.25, -0.2) is 4.68 Å². The SMILES string of the molecule is CC(C)Cc1cc(CNC(=O)CN2CCN(c3ccccc3C#N)CC2)nn1-c1ccccc1. The molecule has 0 bridgehead atoms. The van der Waals surface area contributed by atoms with Gasteiger partial charge in [0.05, 0.1) is 35.7 Å². The number of piperazine rings is 1. The number of aromatic nitrogens is 2. The maximum Gasteiger partial charge on any atom is 0.234 e. The van der Waals surface area contributed by atoms with Gasteiger partial charge in [0.15, 0.2) is 0 Å². The zero-order valence-electron chi connectivity index (χ0n) is 19.9. The number of nitriles is 1. The van der Waals surface area contributed by atoms with Crippen LogP contribution >= 0.6 is 0 Å². The molecule has 1 saturated heterocycles. The summed E-state index contributed by atoms with van der Waals surface area (Å²) in [5.74, 6) is 0.519. The van der Waals surface area contributed by atoms with Crippen LogP contribution in [0.15, 0.2) is 60.7 Å². The number of nitrogens with one attached hydrogen (secondary N) is 1. The lowest BCUT2D eigenvalue weighted by atomic mass is 10.1. The summed E-state index contributed by atoms with van der Waals surface area (Å²) in [6.45, 7) is 8.34. The monoisotopic (exact) mass is 456 g/mol. The lowest BCUT2D eigenvalue weighted by Gasteiger charge is -2.36. The fourth-order valence-electron chi connectivity index (χ4n) is 4.36. The molecule has 7 heteroatoms. The topological polar surface area (TPSA) is 77.2 Å². The van der Waals surface area contributed by atoms with E-state index in [1.807, 2.05) is 59.3 Å². The number of rotatable bonds is 8. The van der Waals surface area contributed by atoms with Crippen LogP contribution in [0.25, 0.3) is 5.69 Å². The van der Waals surface area contributed by atoms with Crippen LogP contribution in [0.4, 0.5) is 5.69 Å². The summed E-state index contributed by atoms with van der Waals surface area (Å²) in [6, 6.07) is 22.2. The van der Waals surface area contributed by atoms with Gasteiger partial charge in [0.2, 0.25) is 5.91 Å². The summed E-state index contributed by atoms with van der Waals surface area (Å²) in [4.78, 5) is 17.0. The van der Waals surface area contributed by atoms with Gasteiger partial charge in [-0.05, 0) is 42.7 Å². The second-order valence-electron chi connectivity index (χ2n) is 9.14. The molecule has 0 aliphatic carbocycles. The molecule has 0 saturated carbocycles. The average Bonchev–Trinajstić information content (AvgIpc) is 3.25. The highest BCUT2D eigenvalue weighted by atomic mass is 16.2. The van der Waals surface area contributed by atoms with Crippen LogP contribution in [-0.2, 0) is 17.8 Å². The van der Waals surface area contributed by atoms with Crippen molar-refractivity contribution < 1.29 is 4.79 Å². The van der Waals surface area contributed by atoms with E-state index in [-0.39, 0.29) is 5.91 Å². The molecule has 7 nitrogen and oxygen atoms in total. The molecule has 1 amide bonds. The van der Waals surface area contributed by atoms with Gasteiger partial charge >= 0.3 is 0 Å². The van der Waals surface area contributed by atoms with Crippen LogP contribution in [-0.4, -0.2) is 53.3 Å². The summed E-state index contributed by atoms with van der Waals surface area (Å²) in [5, 5.41) is 17.2. The molecule has 0 spiro atoms. The second kappa shape index (κ2) is 11.0. The molecule has 34 heavy (non-hydrogen) atoms. The van der Waals surface area contributed by atoms with Crippen LogP contribution < -0.4 is 10.2 Å². The number of para-hydroxylation sites is 2. The Bertz CT molecular complexity index is 1140. The molecule has 2 aromatic carbocycles. The van der Waals surface area contributed by atoms with Crippen molar-refractivity contribution in [3.8, 4) is 11.8 Å². The second-order valence-corrected chi connectivity index (χ2v) is 9.14. The highest BCUT2D eigenvalue weighted by Crippen LogP contribution is 2.21. The average molecular weight is 457 g/mol. The van der Waals surface area contributed by atoms with Gasteiger partial charge in [-0.15, -0.1) is 0 Å². The van der Waals surface area contributed by atoms with Crippen molar-refractivity contribution in [2.24, 2.45) is 5.92 Å². The highest BCUT2D eigenvalue weighted by molar-refractivity contribution is 5.78. The molecule has 1 aromatic heterocycles. The minimum absolute atomic E-state index is 0.00513. The Kier molecular flexibility index (Phi) is 7.61. The number of benzene rings is 2. The molecule has 0 unspecified atom stereocenters. The van der Waals surface area contributed by atoms with Crippen molar-refractivity contribution in [2.75, 3.05) is 37.6 Å². The number of hydrogen-bond acceptors (Lipinski definition) is 5. The van der Waals surface area contributed by atoms with Crippen LogP contribution in [0.3, 0.4) is 0 Å². The summed E-state index contributed by atoms with van der Waals surface area (Å²) in [5.41, 5.74) is 4.72. The third-order valence-corrected chi connectivity index (χ3v) is 6.02. The highest BCUT2D eigenvalue weighted by Gasteiger charge is 2.21. The smallest absolute Gasteiger partial charge is 0.234 e. The lowest BCUT2D eigenvalue weighted by Crippen LogP contribution is -2.49. The van der Waals surface area contributed by atoms with E-state index in [4.69, 9.17) is 5.10 Å². The van der Waals surface area contributed by atoms with E-state index in [2.05, 4.69) is 41.1 Å². The van der Waals surface area contributed by atoms with Crippen LogP contribution in [0.2, 0.25) is 0 Å². The molecule has 1 aliphatic heterocycles. The van der Waals surface area contributed by atoms with Crippen LogP contribution in [0, 0.1) is 17.2 Å². The zero-order chi connectivity index (χ0) is 23.9. The van der Waals surface area contributed by atoms with Gasteiger partial charge < -0.3 is 10.2 Å². The van der Waals surface area contributed by atoms with E-state index in [1.165, 1.54) is 0 Å². The quantitative estimate of drug-likeness (QED) is 0.562. The van der Waals surface area contributed by atoms with E-state index in [0.29, 0.717) is 24.6 Å². The van der Waals surface area contributed by atoms with Crippen molar-refractivity contribution in [3.63, 3.8) is 0 Å². The minimum Gasteiger partial charge on any atom is -0.368 e. The molecule has 3 aromatic rings. The number of anilines is 1. The largest absolute Gasteiger partial charge is 0.368 e. The summed E-state index contributed by atoms with van der Waals surface area (Å²) < 4.78 is 1.99. The Morgan fingerprint density at radius 3 is 2.47 bits per heavy atom. The zero-order valence-corrected chi connectivity index (χ0v) is 19.9. The summed E-state index contributed by atoms with van der Waals surface area (Å²) in [6.07, 6.45) is 0.926. The van der Waals surface area contributed by atoms with Gasteiger partial charge in [-0.1, -0.05) is 44.2 Å². The van der Waals surface area contributed by atoms with Crippen molar-refractivity contribution in [3.05, 3.63) is 77.6 Å². The number of carbonyl (C=O) groups is 1. The Morgan fingerprint density at radius 2 is 1.76 bits per heavy atom. The van der Waals surface area contributed by atoms with Gasteiger partial charge in [-0.3, -0.25) is 9.69 Å². The lowest BCUT2D eigenvalue weighted by molar-refractivity contribution is -0.122. The van der Waals surface area contributed by atoms with Crippen molar-refractivity contribution in [2.45, 2.75) is 26.8 Å². The van der Waals surface area contributed by atoms with Crippen molar-refractivity contribution in [1.29, 1.82) is 5.26 Å². The Hall–Kier alpha value is -3.63. The maximum absolute atomic E-state index is 12.6. The van der Waals surface area contributed by atoms with E-state index in [0.717, 1.165) is 55.4 Å². The molecule has 1 N–H and O–H groups in total. The fraction of sp³-hybridized carbons (Fsp3) is 0.370. The molecule has 1 fully saturated rings. The summed E-state index contributed by atoms with van der Waals surface area (Å²) >= 11 is 0. The predicted octanol–water partition coefficient (Wildman–Crippen LogP) is 3.38. The van der Waals surface area contributed by atoms with Gasteiger partial charge in [-0.2, -0.15) is 10.4 Å². The molecular weight excluding hydrogens is 424 g/mol. The fourth-order valence-corrected chi connectivity index (χ4v) is 4.36. The van der Waals surface area contributed by atoms with Crippen LogP contribution in [0.1, 0.15) is 30.8 Å². The molecule has 0 radical (unpaired) electrons. The Balaban J connectivity index is 1.31. The van der Waals surface area contributed by atoms with E-state index >= 15 is 0 Å². The number of carbonyl (C=O) groups excluding carboxylic acids is 1. The molecule has 1 aliphatic rings.